The first kappa shape index (κ1) is 12.9. The second kappa shape index (κ2) is 5.87. The van der Waals surface area contributed by atoms with E-state index in [-0.39, 0.29) is 5.91 Å². The minimum atomic E-state index is -0.106. The van der Waals surface area contributed by atoms with Crippen molar-refractivity contribution >= 4 is 11.6 Å². The molecule has 1 amide bonds. The van der Waals surface area contributed by atoms with E-state index in [1.165, 1.54) is 0 Å². The Morgan fingerprint density at radius 2 is 2.39 bits per heavy atom. The molecule has 3 N–H and O–H groups in total. The van der Waals surface area contributed by atoms with E-state index in [1.54, 1.807) is 6.07 Å². The Bertz CT molecular complexity index is 426. The lowest BCUT2D eigenvalue weighted by atomic mass is 10.1. The van der Waals surface area contributed by atoms with Crippen molar-refractivity contribution < 1.29 is 9.53 Å². The smallest absolute Gasteiger partial charge is 0.253 e. The second-order valence-corrected chi connectivity index (χ2v) is 4.77. The monoisotopic (exact) mass is 248 g/mol. The van der Waals surface area contributed by atoms with E-state index in [1.807, 2.05) is 19.1 Å². The van der Waals surface area contributed by atoms with Crippen LogP contribution in [0.2, 0.25) is 0 Å². The Hall–Kier alpha value is -1.55. The first-order valence-electron chi connectivity index (χ1n) is 6.43. The van der Waals surface area contributed by atoms with Crippen molar-refractivity contribution in [3.8, 4) is 0 Å². The summed E-state index contributed by atoms with van der Waals surface area (Å²) in [6, 6.07) is 5.48. The summed E-state index contributed by atoms with van der Waals surface area (Å²) >= 11 is 0. The maximum atomic E-state index is 11.9. The Kier molecular flexibility index (Phi) is 4.20. The molecular formula is C14H20N2O2. The van der Waals surface area contributed by atoms with Crippen LogP contribution in [0.3, 0.4) is 0 Å². The van der Waals surface area contributed by atoms with Gasteiger partial charge in [-0.25, -0.2) is 0 Å². The maximum absolute atomic E-state index is 11.9. The molecule has 1 saturated heterocycles. The molecule has 1 aliphatic heterocycles. The standard InChI is InChI=1S/C14H20N2O2/c1-10-4-5-12(13(15)9-10)14(17)16-7-6-11-3-2-8-18-11/h4-5,9,11H,2-3,6-8,15H2,1H3,(H,16,17). The molecule has 1 aromatic rings. The molecule has 0 bridgehead atoms. The van der Waals surface area contributed by atoms with Gasteiger partial charge in [0.25, 0.3) is 5.91 Å². The highest BCUT2D eigenvalue weighted by atomic mass is 16.5. The molecule has 2 rings (SSSR count). The zero-order chi connectivity index (χ0) is 13.0. The minimum absolute atomic E-state index is 0.106. The van der Waals surface area contributed by atoms with Gasteiger partial charge < -0.3 is 15.8 Å². The zero-order valence-electron chi connectivity index (χ0n) is 10.7. The molecule has 1 atom stereocenters. The average molecular weight is 248 g/mol. The Labute approximate surface area is 108 Å². The van der Waals surface area contributed by atoms with E-state index in [2.05, 4.69) is 5.32 Å². The van der Waals surface area contributed by atoms with Crippen LogP contribution in [0.25, 0.3) is 0 Å². The topological polar surface area (TPSA) is 64.3 Å². The van der Waals surface area contributed by atoms with Gasteiger partial charge in [-0.2, -0.15) is 0 Å². The summed E-state index contributed by atoms with van der Waals surface area (Å²) in [6.07, 6.45) is 3.41. The van der Waals surface area contributed by atoms with Gasteiger partial charge in [-0.05, 0) is 43.9 Å². The van der Waals surface area contributed by atoms with E-state index in [4.69, 9.17) is 10.5 Å². The average Bonchev–Trinajstić information content (AvgIpc) is 2.81. The maximum Gasteiger partial charge on any atom is 0.253 e. The third kappa shape index (κ3) is 3.23. The van der Waals surface area contributed by atoms with Crippen molar-refractivity contribution in [2.45, 2.75) is 32.3 Å². The van der Waals surface area contributed by atoms with E-state index in [9.17, 15) is 4.79 Å². The van der Waals surface area contributed by atoms with Crippen molar-refractivity contribution in [1.82, 2.24) is 5.32 Å². The first-order valence-corrected chi connectivity index (χ1v) is 6.43. The molecule has 1 unspecified atom stereocenters. The highest BCUT2D eigenvalue weighted by Gasteiger charge is 2.16. The fourth-order valence-corrected chi connectivity index (χ4v) is 2.20. The van der Waals surface area contributed by atoms with Crippen molar-refractivity contribution in [2.75, 3.05) is 18.9 Å². The largest absolute Gasteiger partial charge is 0.398 e. The first-order chi connectivity index (χ1) is 8.66. The molecule has 0 aromatic heterocycles. The highest BCUT2D eigenvalue weighted by molar-refractivity contribution is 5.99. The van der Waals surface area contributed by atoms with Crippen LogP contribution >= 0.6 is 0 Å². The number of hydrogen-bond donors (Lipinski definition) is 2. The van der Waals surface area contributed by atoms with E-state index >= 15 is 0 Å². The summed E-state index contributed by atoms with van der Waals surface area (Å²) < 4.78 is 5.50. The van der Waals surface area contributed by atoms with Crippen LogP contribution in [0.1, 0.15) is 35.2 Å². The molecule has 1 fully saturated rings. The molecular weight excluding hydrogens is 228 g/mol. The predicted molar refractivity (Wildman–Crippen MR) is 71.5 cm³/mol. The van der Waals surface area contributed by atoms with Crippen molar-refractivity contribution in [1.29, 1.82) is 0 Å². The second-order valence-electron chi connectivity index (χ2n) is 4.77. The fourth-order valence-electron chi connectivity index (χ4n) is 2.20. The molecule has 0 radical (unpaired) electrons. The van der Waals surface area contributed by atoms with Gasteiger partial charge in [0.1, 0.15) is 0 Å². The lowest BCUT2D eigenvalue weighted by molar-refractivity contribution is 0.0908. The number of hydrogen-bond acceptors (Lipinski definition) is 3. The number of nitrogen functional groups attached to an aromatic ring is 1. The van der Waals surface area contributed by atoms with Gasteiger partial charge in [-0.3, -0.25) is 4.79 Å². The predicted octanol–water partition coefficient (Wildman–Crippen LogP) is 1.88. The number of carbonyl (C=O) groups excluding carboxylic acids is 1. The third-order valence-corrected chi connectivity index (χ3v) is 3.23. The van der Waals surface area contributed by atoms with Gasteiger partial charge in [-0.15, -0.1) is 0 Å². The number of carbonyl (C=O) groups is 1. The Morgan fingerprint density at radius 3 is 3.06 bits per heavy atom. The molecule has 4 nitrogen and oxygen atoms in total. The van der Waals surface area contributed by atoms with Crippen LogP contribution in [-0.2, 0) is 4.74 Å². The molecule has 1 aromatic carbocycles. The lowest BCUT2D eigenvalue weighted by Gasteiger charge is -2.11. The van der Waals surface area contributed by atoms with Crippen LogP contribution in [0.4, 0.5) is 5.69 Å². The minimum Gasteiger partial charge on any atom is -0.398 e. The number of ether oxygens (including phenoxy) is 1. The molecule has 0 spiro atoms. The quantitative estimate of drug-likeness (QED) is 0.800. The van der Waals surface area contributed by atoms with Gasteiger partial charge in [0, 0.05) is 18.8 Å². The number of benzene rings is 1. The van der Waals surface area contributed by atoms with Crippen molar-refractivity contribution in [3.05, 3.63) is 29.3 Å². The molecule has 98 valence electrons. The van der Waals surface area contributed by atoms with Crippen LogP contribution in [0.15, 0.2) is 18.2 Å². The summed E-state index contributed by atoms with van der Waals surface area (Å²) in [6.45, 7) is 3.44. The van der Waals surface area contributed by atoms with Gasteiger partial charge in [-0.1, -0.05) is 6.07 Å². The van der Waals surface area contributed by atoms with Crippen molar-refractivity contribution in [3.63, 3.8) is 0 Å². The highest BCUT2D eigenvalue weighted by Crippen LogP contribution is 2.15. The van der Waals surface area contributed by atoms with Crippen LogP contribution in [-0.4, -0.2) is 25.2 Å². The molecule has 0 aliphatic carbocycles. The number of amides is 1. The van der Waals surface area contributed by atoms with Crippen LogP contribution in [0.5, 0.6) is 0 Å². The van der Waals surface area contributed by atoms with E-state index < -0.39 is 0 Å². The molecule has 1 heterocycles. The van der Waals surface area contributed by atoms with Crippen LogP contribution in [0, 0.1) is 6.92 Å². The number of aryl methyl sites for hydroxylation is 1. The summed E-state index contributed by atoms with van der Waals surface area (Å²) in [5.41, 5.74) is 7.97. The Morgan fingerprint density at radius 1 is 1.56 bits per heavy atom. The van der Waals surface area contributed by atoms with Crippen molar-refractivity contribution in [2.24, 2.45) is 0 Å². The van der Waals surface area contributed by atoms with Gasteiger partial charge in [0.15, 0.2) is 0 Å². The normalized spacial score (nSPS) is 18.8. The van der Waals surface area contributed by atoms with Gasteiger partial charge in [0.05, 0.1) is 11.7 Å². The number of anilines is 1. The number of rotatable bonds is 4. The molecule has 0 saturated carbocycles. The third-order valence-electron chi connectivity index (χ3n) is 3.23. The molecule has 18 heavy (non-hydrogen) atoms. The number of nitrogens with one attached hydrogen (secondary N) is 1. The van der Waals surface area contributed by atoms with E-state index in [0.717, 1.165) is 31.4 Å². The lowest BCUT2D eigenvalue weighted by Crippen LogP contribution is -2.27. The fraction of sp³-hybridized carbons (Fsp3) is 0.500. The van der Waals surface area contributed by atoms with E-state index in [0.29, 0.717) is 23.9 Å². The van der Waals surface area contributed by atoms with Crippen LogP contribution < -0.4 is 11.1 Å². The molecule has 4 heteroatoms. The summed E-state index contributed by atoms with van der Waals surface area (Å²) in [5.74, 6) is -0.106. The number of nitrogens with two attached hydrogens (primary N) is 1. The van der Waals surface area contributed by atoms with Gasteiger partial charge >= 0.3 is 0 Å². The SMILES string of the molecule is Cc1ccc(C(=O)NCCC2CCCO2)c(N)c1. The van der Waals surface area contributed by atoms with Gasteiger partial charge in [0.2, 0.25) is 0 Å². The summed E-state index contributed by atoms with van der Waals surface area (Å²) in [5, 5.41) is 2.89. The zero-order valence-corrected chi connectivity index (χ0v) is 10.7. The summed E-state index contributed by atoms with van der Waals surface area (Å²) in [7, 11) is 0. The summed E-state index contributed by atoms with van der Waals surface area (Å²) in [4.78, 5) is 11.9. The Balaban J connectivity index is 1.83. The molecule has 1 aliphatic rings.